The maximum absolute atomic E-state index is 12.0. The Hall–Kier alpha value is -2.90. The molecule has 0 radical (unpaired) electrons. The van der Waals surface area contributed by atoms with Crippen LogP contribution in [0.25, 0.3) is 0 Å². The molecule has 1 aliphatic rings. The van der Waals surface area contributed by atoms with Crippen LogP contribution in [0.5, 0.6) is 0 Å². The van der Waals surface area contributed by atoms with Crippen LogP contribution < -0.4 is 10.6 Å². The zero-order chi connectivity index (χ0) is 17.0. The van der Waals surface area contributed by atoms with Gasteiger partial charge >= 0.3 is 11.9 Å². The summed E-state index contributed by atoms with van der Waals surface area (Å²) in [7, 11) is 0. The topological polar surface area (TPSA) is 133 Å². The van der Waals surface area contributed by atoms with Crippen molar-refractivity contribution in [1.29, 1.82) is 0 Å². The molecule has 0 spiro atoms. The molecule has 1 saturated heterocycles. The number of benzene rings is 1. The predicted molar refractivity (Wildman–Crippen MR) is 77.8 cm³/mol. The normalized spacial score (nSPS) is 18.1. The van der Waals surface area contributed by atoms with Crippen molar-refractivity contribution in [3.05, 3.63) is 35.4 Å². The summed E-state index contributed by atoms with van der Waals surface area (Å²) in [4.78, 5) is 45.1. The Bertz CT molecular complexity index is 640. The monoisotopic (exact) mass is 320 g/mol. The lowest BCUT2D eigenvalue weighted by Gasteiger charge is -2.17. The van der Waals surface area contributed by atoms with Gasteiger partial charge in [-0.25, -0.2) is 9.59 Å². The second-order valence-corrected chi connectivity index (χ2v) is 5.26. The molecule has 0 aliphatic carbocycles. The number of aromatic carboxylic acids is 1. The summed E-state index contributed by atoms with van der Waals surface area (Å²) in [6.45, 7) is 0. The smallest absolute Gasteiger partial charge is 0.335 e. The van der Waals surface area contributed by atoms with Gasteiger partial charge in [-0.05, 0) is 24.1 Å². The van der Waals surface area contributed by atoms with Crippen LogP contribution in [0.3, 0.4) is 0 Å². The van der Waals surface area contributed by atoms with Crippen molar-refractivity contribution < 1.29 is 29.4 Å². The summed E-state index contributed by atoms with van der Waals surface area (Å²) in [6.07, 6.45) is 0.596. The Morgan fingerprint density at radius 2 is 1.87 bits per heavy atom. The molecule has 0 saturated carbocycles. The summed E-state index contributed by atoms with van der Waals surface area (Å²) >= 11 is 0. The van der Waals surface area contributed by atoms with E-state index >= 15 is 0 Å². The minimum Gasteiger partial charge on any atom is -0.480 e. The van der Waals surface area contributed by atoms with E-state index in [2.05, 4.69) is 10.6 Å². The number of carbonyl (C=O) groups is 4. The van der Waals surface area contributed by atoms with Gasteiger partial charge in [0.25, 0.3) is 0 Å². The fourth-order valence-electron chi connectivity index (χ4n) is 2.30. The maximum atomic E-state index is 12.0. The molecule has 8 nitrogen and oxygen atoms in total. The maximum Gasteiger partial charge on any atom is 0.335 e. The highest BCUT2D eigenvalue weighted by atomic mass is 16.4. The fraction of sp³-hybridized carbons (Fsp3) is 0.333. The van der Waals surface area contributed by atoms with Gasteiger partial charge in [-0.15, -0.1) is 0 Å². The Kier molecular flexibility index (Phi) is 4.95. The molecule has 0 aromatic heterocycles. The number of carboxylic acid groups (broad SMARTS) is 2. The van der Waals surface area contributed by atoms with E-state index in [0.29, 0.717) is 12.0 Å². The average Bonchev–Trinajstić information content (AvgIpc) is 2.93. The van der Waals surface area contributed by atoms with Crippen LogP contribution in [0.2, 0.25) is 0 Å². The molecule has 4 N–H and O–H groups in total. The number of nitrogens with one attached hydrogen (secondary N) is 2. The second-order valence-electron chi connectivity index (χ2n) is 5.26. The molecule has 2 atom stereocenters. The largest absolute Gasteiger partial charge is 0.480 e. The van der Waals surface area contributed by atoms with Crippen molar-refractivity contribution in [2.45, 2.75) is 31.3 Å². The number of hydrogen-bond acceptors (Lipinski definition) is 4. The van der Waals surface area contributed by atoms with E-state index in [1.54, 1.807) is 0 Å². The zero-order valence-electron chi connectivity index (χ0n) is 12.1. The highest BCUT2D eigenvalue weighted by molar-refractivity contribution is 5.93. The zero-order valence-corrected chi connectivity index (χ0v) is 12.1. The predicted octanol–water partition coefficient (Wildman–Crippen LogP) is -0.225. The van der Waals surface area contributed by atoms with Gasteiger partial charge in [-0.1, -0.05) is 12.1 Å². The van der Waals surface area contributed by atoms with E-state index in [-0.39, 0.29) is 24.3 Å². The SMILES string of the molecule is O=C1CC[C@H](C(=O)N[C@@H](Cc2ccc(C(=O)O)cc2)C(=O)O)N1. The Morgan fingerprint density at radius 1 is 1.22 bits per heavy atom. The number of amides is 2. The number of rotatable bonds is 6. The highest BCUT2D eigenvalue weighted by Crippen LogP contribution is 2.10. The van der Waals surface area contributed by atoms with Gasteiger partial charge in [0.2, 0.25) is 11.8 Å². The molecule has 2 rings (SSSR count). The lowest BCUT2D eigenvalue weighted by Crippen LogP contribution is -2.49. The summed E-state index contributed by atoms with van der Waals surface area (Å²) in [5, 5.41) is 22.9. The molecule has 1 fully saturated rings. The minimum absolute atomic E-state index is 0.0155. The van der Waals surface area contributed by atoms with Crippen LogP contribution in [0.1, 0.15) is 28.8 Å². The molecular formula is C15H16N2O6. The summed E-state index contributed by atoms with van der Waals surface area (Å²) < 4.78 is 0. The fourth-order valence-corrected chi connectivity index (χ4v) is 2.30. The summed E-state index contributed by atoms with van der Waals surface area (Å²) in [6, 6.07) is 3.88. The van der Waals surface area contributed by atoms with Crippen molar-refractivity contribution in [3.63, 3.8) is 0 Å². The van der Waals surface area contributed by atoms with Crippen LogP contribution in [-0.2, 0) is 20.8 Å². The summed E-state index contributed by atoms with van der Waals surface area (Å²) in [5.41, 5.74) is 0.677. The standard InChI is InChI=1S/C15H16N2O6/c18-12-6-5-10(16-12)13(19)17-11(15(22)23)7-8-1-3-9(4-2-8)14(20)21/h1-4,10-11H,5-7H2,(H,16,18)(H,17,19)(H,20,21)(H,22,23)/t10-,11+/m1/s1. The van der Waals surface area contributed by atoms with Gasteiger partial charge < -0.3 is 20.8 Å². The first-order valence-electron chi connectivity index (χ1n) is 7.01. The van der Waals surface area contributed by atoms with Crippen molar-refractivity contribution in [2.24, 2.45) is 0 Å². The molecular weight excluding hydrogens is 304 g/mol. The molecule has 1 aromatic rings. The van der Waals surface area contributed by atoms with E-state index in [1.807, 2.05) is 0 Å². The van der Waals surface area contributed by atoms with E-state index in [4.69, 9.17) is 5.11 Å². The van der Waals surface area contributed by atoms with Crippen LogP contribution in [0.15, 0.2) is 24.3 Å². The van der Waals surface area contributed by atoms with Gasteiger partial charge in [0.05, 0.1) is 5.56 Å². The highest BCUT2D eigenvalue weighted by Gasteiger charge is 2.30. The van der Waals surface area contributed by atoms with Gasteiger partial charge in [-0.2, -0.15) is 0 Å². The van der Waals surface area contributed by atoms with E-state index in [1.165, 1.54) is 24.3 Å². The number of carbonyl (C=O) groups excluding carboxylic acids is 2. The molecule has 2 amide bonds. The molecule has 1 aromatic carbocycles. The van der Waals surface area contributed by atoms with Gasteiger partial charge in [0, 0.05) is 12.8 Å². The van der Waals surface area contributed by atoms with Crippen LogP contribution >= 0.6 is 0 Å². The number of hydrogen-bond donors (Lipinski definition) is 4. The van der Waals surface area contributed by atoms with Crippen molar-refractivity contribution >= 4 is 23.8 Å². The Balaban J connectivity index is 2.01. The molecule has 1 heterocycles. The van der Waals surface area contributed by atoms with Crippen LogP contribution in [0, 0.1) is 0 Å². The second kappa shape index (κ2) is 6.91. The van der Waals surface area contributed by atoms with Gasteiger partial charge in [-0.3, -0.25) is 9.59 Å². The van der Waals surface area contributed by atoms with Gasteiger partial charge in [0.1, 0.15) is 12.1 Å². The van der Waals surface area contributed by atoms with E-state index in [0.717, 1.165) is 0 Å². The first-order chi connectivity index (χ1) is 10.9. The lowest BCUT2D eigenvalue weighted by molar-refractivity contribution is -0.142. The molecule has 1 aliphatic heterocycles. The summed E-state index contributed by atoms with van der Waals surface area (Å²) in [5.74, 6) is -3.05. The van der Waals surface area contributed by atoms with Crippen LogP contribution in [0.4, 0.5) is 0 Å². The Morgan fingerprint density at radius 3 is 2.35 bits per heavy atom. The molecule has 23 heavy (non-hydrogen) atoms. The third-order valence-electron chi connectivity index (χ3n) is 3.57. The quantitative estimate of drug-likeness (QED) is 0.572. The van der Waals surface area contributed by atoms with Crippen molar-refractivity contribution in [2.75, 3.05) is 0 Å². The van der Waals surface area contributed by atoms with Crippen LogP contribution in [-0.4, -0.2) is 46.0 Å². The van der Waals surface area contributed by atoms with Crippen molar-refractivity contribution in [3.8, 4) is 0 Å². The minimum atomic E-state index is -1.20. The van der Waals surface area contributed by atoms with Crippen molar-refractivity contribution in [1.82, 2.24) is 10.6 Å². The molecule has 0 unspecified atom stereocenters. The molecule has 122 valence electrons. The number of aliphatic carboxylic acids is 1. The first kappa shape index (κ1) is 16.5. The van der Waals surface area contributed by atoms with E-state index < -0.39 is 29.9 Å². The number of carboxylic acids is 2. The van der Waals surface area contributed by atoms with Gasteiger partial charge in [0.15, 0.2) is 0 Å². The molecule has 0 bridgehead atoms. The average molecular weight is 320 g/mol. The molecule has 8 heteroatoms. The first-order valence-corrected chi connectivity index (χ1v) is 7.01. The third-order valence-corrected chi connectivity index (χ3v) is 3.57. The Labute approximate surface area is 131 Å². The third kappa shape index (κ3) is 4.29. The lowest BCUT2D eigenvalue weighted by atomic mass is 10.0. The van der Waals surface area contributed by atoms with E-state index in [9.17, 15) is 24.3 Å².